The minimum absolute atomic E-state index is 0.00363. The second-order valence-corrected chi connectivity index (χ2v) is 7.68. The van der Waals surface area contributed by atoms with Gasteiger partial charge in [-0.2, -0.15) is 0 Å². The van der Waals surface area contributed by atoms with Crippen molar-refractivity contribution in [3.05, 3.63) is 101 Å². The molecule has 162 valence electrons. The molecule has 1 aromatic heterocycles. The van der Waals surface area contributed by atoms with Crippen LogP contribution in [0.25, 0.3) is 11.0 Å². The van der Waals surface area contributed by atoms with Crippen LogP contribution < -0.4 is 0 Å². The van der Waals surface area contributed by atoms with Crippen LogP contribution in [0.1, 0.15) is 57.9 Å². The molecule has 0 bridgehead atoms. The summed E-state index contributed by atoms with van der Waals surface area (Å²) < 4.78 is 7.24. The first-order chi connectivity index (χ1) is 15.6. The van der Waals surface area contributed by atoms with Gasteiger partial charge < -0.3 is 9.30 Å². The number of aromatic nitrogens is 2. The number of ether oxygens (including phenoxy) is 1. The SMILES string of the molecule is CCCc1nc2ccc(C(=O)c3ccccc3)cc2n1Cc1ccc(C(=O)OCC)cc1. The Morgan fingerprint density at radius 1 is 0.875 bits per heavy atom. The van der Waals surface area contributed by atoms with Gasteiger partial charge in [-0.25, -0.2) is 9.78 Å². The van der Waals surface area contributed by atoms with Crippen LogP contribution in [0.5, 0.6) is 0 Å². The van der Waals surface area contributed by atoms with E-state index in [9.17, 15) is 9.59 Å². The predicted molar refractivity (Wildman–Crippen MR) is 125 cm³/mol. The Morgan fingerprint density at radius 2 is 1.59 bits per heavy atom. The van der Waals surface area contributed by atoms with E-state index in [1.165, 1.54) is 0 Å². The molecule has 4 aromatic rings. The standard InChI is InChI=1S/C27H26N2O3/c1-3-8-25-28-23-16-15-22(26(30)20-9-6-5-7-10-20)17-24(23)29(25)18-19-11-13-21(14-12-19)27(31)32-4-2/h5-7,9-17H,3-4,8,18H2,1-2H3. The number of aryl methyl sites for hydroxylation is 1. The van der Waals surface area contributed by atoms with Crippen molar-refractivity contribution in [1.82, 2.24) is 9.55 Å². The Labute approximate surface area is 187 Å². The Hall–Kier alpha value is -3.73. The van der Waals surface area contributed by atoms with Crippen molar-refractivity contribution >= 4 is 22.8 Å². The van der Waals surface area contributed by atoms with Gasteiger partial charge >= 0.3 is 5.97 Å². The lowest BCUT2D eigenvalue weighted by molar-refractivity contribution is 0.0526. The average Bonchev–Trinajstić information content (AvgIpc) is 3.16. The highest BCUT2D eigenvalue weighted by atomic mass is 16.5. The van der Waals surface area contributed by atoms with Crippen LogP contribution in [0.4, 0.5) is 0 Å². The number of nitrogens with zero attached hydrogens (tertiary/aromatic N) is 2. The maximum atomic E-state index is 13.0. The van der Waals surface area contributed by atoms with Crippen LogP contribution in [-0.2, 0) is 17.7 Å². The second kappa shape index (κ2) is 9.60. The van der Waals surface area contributed by atoms with Gasteiger partial charge in [-0.05, 0) is 49.2 Å². The fraction of sp³-hybridized carbons (Fsp3) is 0.222. The van der Waals surface area contributed by atoms with Gasteiger partial charge in [-0.3, -0.25) is 4.79 Å². The lowest BCUT2D eigenvalue weighted by Gasteiger charge is -2.10. The third-order valence-electron chi connectivity index (χ3n) is 5.40. The molecule has 0 fully saturated rings. The summed E-state index contributed by atoms with van der Waals surface area (Å²) in [5.74, 6) is 0.667. The third kappa shape index (κ3) is 4.47. The molecule has 5 nitrogen and oxygen atoms in total. The Kier molecular flexibility index (Phi) is 6.45. The number of carbonyl (C=O) groups is 2. The fourth-order valence-corrected chi connectivity index (χ4v) is 3.80. The molecule has 0 spiro atoms. The average molecular weight is 427 g/mol. The van der Waals surface area contributed by atoms with Crippen molar-refractivity contribution in [3.63, 3.8) is 0 Å². The highest BCUT2D eigenvalue weighted by Gasteiger charge is 2.15. The van der Waals surface area contributed by atoms with E-state index in [2.05, 4.69) is 11.5 Å². The minimum atomic E-state index is -0.317. The van der Waals surface area contributed by atoms with Crippen LogP contribution in [0, 0.1) is 0 Å². The van der Waals surface area contributed by atoms with Crippen LogP contribution in [-0.4, -0.2) is 27.9 Å². The van der Waals surface area contributed by atoms with Gasteiger partial charge in [-0.1, -0.05) is 49.4 Å². The molecule has 0 saturated heterocycles. The number of carbonyl (C=O) groups excluding carboxylic acids is 2. The van der Waals surface area contributed by atoms with Crippen molar-refractivity contribution in [3.8, 4) is 0 Å². The molecule has 5 heteroatoms. The first kappa shape index (κ1) is 21.5. The highest BCUT2D eigenvalue weighted by molar-refractivity contribution is 6.10. The quantitative estimate of drug-likeness (QED) is 0.278. The molecule has 0 aliphatic heterocycles. The summed E-state index contributed by atoms with van der Waals surface area (Å²) in [6.45, 7) is 4.88. The first-order valence-electron chi connectivity index (χ1n) is 11.0. The second-order valence-electron chi connectivity index (χ2n) is 7.68. The van der Waals surface area contributed by atoms with Crippen LogP contribution in [0.3, 0.4) is 0 Å². The zero-order valence-corrected chi connectivity index (χ0v) is 18.4. The molecule has 0 radical (unpaired) electrons. The Balaban J connectivity index is 1.69. The Bertz CT molecular complexity index is 1240. The normalized spacial score (nSPS) is 10.9. The predicted octanol–water partition coefficient (Wildman–Crippen LogP) is 5.44. The number of ketones is 1. The molecule has 0 aliphatic rings. The summed E-state index contributed by atoms with van der Waals surface area (Å²) in [5, 5.41) is 0. The van der Waals surface area contributed by atoms with Gasteiger partial charge in [0, 0.05) is 24.1 Å². The van der Waals surface area contributed by atoms with Gasteiger partial charge in [0.2, 0.25) is 0 Å². The molecule has 32 heavy (non-hydrogen) atoms. The summed E-state index contributed by atoms with van der Waals surface area (Å²) in [6.07, 6.45) is 1.82. The topological polar surface area (TPSA) is 61.2 Å². The molecular weight excluding hydrogens is 400 g/mol. The van der Waals surface area contributed by atoms with Crippen molar-refractivity contribution in [2.45, 2.75) is 33.2 Å². The lowest BCUT2D eigenvalue weighted by Crippen LogP contribution is -2.07. The minimum Gasteiger partial charge on any atom is -0.462 e. The number of fused-ring (bicyclic) bond motifs is 1. The molecule has 0 saturated carbocycles. The van der Waals surface area contributed by atoms with E-state index in [4.69, 9.17) is 9.72 Å². The Morgan fingerprint density at radius 3 is 2.28 bits per heavy atom. The summed E-state index contributed by atoms with van der Waals surface area (Å²) in [5.41, 5.74) is 4.71. The zero-order chi connectivity index (χ0) is 22.5. The van der Waals surface area contributed by atoms with E-state index in [-0.39, 0.29) is 11.8 Å². The van der Waals surface area contributed by atoms with Gasteiger partial charge in [0.25, 0.3) is 0 Å². The van der Waals surface area contributed by atoms with Crippen LogP contribution >= 0.6 is 0 Å². The molecule has 3 aromatic carbocycles. The number of hydrogen-bond donors (Lipinski definition) is 0. The van der Waals surface area contributed by atoms with E-state index < -0.39 is 0 Å². The van der Waals surface area contributed by atoms with E-state index in [0.717, 1.165) is 35.3 Å². The number of hydrogen-bond acceptors (Lipinski definition) is 4. The first-order valence-corrected chi connectivity index (χ1v) is 11.0. The maximum absolute atomic E-state index is 13.0. The molecular formula is C27H26N2O3. The van der Waals surface area contributed by atoms with E-state index in [0.29, 0.717) is 29.8 Å². The van der Waals surface area contributed by atoms with Gasteiger partial charge in [0.05, 0.1) is 23.2 Å². The number of benzene rings is 3. The molecule has 4 rings (SSSR count). The molecule has 0 atom stereocenters. The van der Waals surface area contributed by atoms with Crippen LogP contribution in [0.2, 0.25) is 0 Å². The van der Waals surface area contributed by atoms with Gasteiger partial charge in [0.15, 0.2) is 5.78 Å². The molecule has 0 amide bonds. The smallest absolute Gasteiger partial charge is 0.338 e. The summed E-state index contributed by atoms with van der Waals surface area (Å²) in [4.78, 5) is 29.7. The van der Waals surface area contributed by atoms with E-state index >= 15 is 0 Å². The number of imidazole rings is 1. The van der Waals surface area contributed by atoms with Crippen LogP contribution in [0.15, 0.2) is 72.8 Å². The van der Waals surface area contributed by atoms with Crippen molar-refractivity contribution in [2.75, 3.05) is 6.61 Å². The largest absolute Gasteiger partial charge is 0.462 e. The van der Waals surface area contributed by atoms with Crippen molar-refractivity contribution < 1.29 is 14.3 Å². The maximum Gasteiger partial charge on any atom is 0.338 e. The monoisotopic (exact) mass is 426 g/mol. The third-order valence-corrected chi connectivity index (χ3v) is 5.40. The molecule has 0 N–H and O–H groups in total. The van der Waals surface area contributed by atoms with Gasteiger partial charge in [-0.15, -0.1) is 0 Å². The zero-order valence-electron chi connectivity index (χ0n) is 18.4. The number of esters is 1. The summed E-state index contributed by atoms with van der Waals surface area (Å²) in [7, 11) is 0. The lowest BCUT2D eigenvalue weighted by atomic mass is 10.0. The van der Waals surface area contributed by atoms with Crippen molar-refractivity contribution in [2.24, 2.45) is 0 Å². The van der Waals surface area contributed by atoms with E-state index in [1.54, 1.807) is 19.1 Å². The fourth-order valence-electron chi connectivity index (χ4n) is 3.80. The van der Waals surface area contributed by atoms with E-state index in [1.807, 2.05) is 60.7 Å². The molecule has 0 unspecified atom stereocenters. The van der Waals surface area contributed by atoms with Crippen molar-refractivity contribution in [1.29, 1.82) is 0 Å². The number of rotatable bonds is 8. The molecule has 1 heterocycles. The molecule has 0 aliphatic carbocycles. The summed E-state index contributed by atoms with van der Waals surface area (Å²) >= 11 is 0. The van der Waals surface area contributed by atoms with Gasteiger partial charge in [0.1, 0.15) is 5.82 Å². The highest BCUT2D eigenvalue weighted by Crippen LogP contribution is 2.22. The summed E-state index contributed by atoms with van der Waals surface area (Å²) in [6, 6.07) is 22.5.